The molecule has 3 heterocycles. The van der Waals surface area contributed by atoms with Crippen LogP contribution in [0.3, 0.4) is 0 Å². The standard InChI is InChI=1S/C23H31AsN6/c1-4-12-25-20-8-11-23(30-17-20)28-15-18-6-9-21(27-14-18)24(3)19-7-10-22(29-16-19)26-13-5-2/h6-11,14,16-17,25H,4-5,12-13,15H2,1-3H3,(H,26,29)(H,28,30). The molecule has 0 saturated carbocycles. The molecular weight excluding hydrogens is 435 g/mol. The molecule has 1 unspecified atom stereocenters. The summed E-state index contributed by atoms with van der Waals surface area (Å²) in [7, 11) is 0. The van der Waals surface area contributed by atoms with E-state index in [2.05, 4.69) is 75.8 Å². The first-order chi connectivity index (χ1) is 14.7. The quantitative estimate of drug-likeness (QED) is 0.377. The van der Waals surface area contributed by atoms with Crippen LogP contribution in [0.1, 0.15) is 32.3 Å². The normalized spacial score (nSPS) is 11.7. The molecule has 3 rings (SSSR count). The van der Waals surface area contributed by atoms with Gasteiger partial charge in [-0.2, -0.15) is 0 Å². The Kier molecular flexibility index (Phi) is 8.51. The molecular formula is C23H31AsN6. The Morgan fingerprint density at radius 3 is 2.10 bits per heavy atom. The van der Waals surface area contributed by atoms with E-state index in [1.807, 2.05) is 24.7 Å². The van der Waals surface area contributed by atoms with E-state index in [0.29, 0.717) is 6.54 Å². The molecule has 158 valence electrons. The molecule has 0 amide bonds. The van der Waals surface area contributed by atoms with Crippen LogP contribution in [0.5, 0.6) is 0 Å². The number of hydrogen-bond acceptors (Lipinski definition) is 6. The minimum atomic E-state index is -1.40. The van der Waals surface area contributed by atoms with Crippen molar-refractivity contribution < 1.29 is 0 Å². The van der Waals surface area contributed by atoms with Gasteiger partial charge in [0.25, 0.3) is 0 Å². The summed E-state index contributed by atoms with van der Waals surface area (Å²) in [6.07, 6.45) is 8.03. The van der Waals surface area contributed by atoms with Crippen LogP contribution in [0, 0.1) is 0 Å². The van der Waals surface area contributed by atoms with Gasteiger partial charge in [-0.1, -0.05) is 6.92 Å². The molecule has 3 aromatic rings. The van der Waals surface area contributed by atoms with Crippen LogP contribution in [-0.4, -0.2) is 42.7 Å². The Balaban J connectivity index is 1.54. The predicted octanol–water partition coefficient (Wildman–Crippen LogP) is 3.37. The fourth-order valence-corrected chi connectivity index (χ4v) is 5.63. The van der Waals surface area contributed by atoms with Crippen LogP contribution in [0.4, 0.5) is 17.3 Å². The Morgan fingerprint density at radius 2 is 1.47 bits per heavy atom. The first-order valence-corrected chi connectivity index (χ1v) is 14.3. The van der Waals surface area contributed by atoms with Crippen molar-refractivity contribution >= 4 is 40.8 Å². The summed E-state index contributed by atoms with van der Waals surface area (Å²) < 4.78 is 2.50. The fourth-order valence-electron chi connectivity index (χ4n) is 2.86. The topological polar surface area (TPSA) is 74.8 Å². The van der Waals surface area contributed by atoms with Crippen molar-refractivity contribution in [2.45, 2.75) is 38.9 Å². The zero-order valence-corrected chi connectivity index (χ0v) is 19.9. The van der Waals surface area contributed by atoms with Crippen molar-refractivity contribution in [2.75, 3.05) is 29.0 Å². The minimum absolute atomic E-state index is 0.706. The van der Waals surface area contributed by atoms with Crippen LogP contribution < -0.4 is 24.8 Å². The Hall–Kier alpha value is -2.59. The monoisotopic (exact) mass is 466 g/mol. The van der Waals surface area contributed by atoms with Gasteiger partial charge in [-0.3, -0.25) is 0 Å². The third kappa shape index (κ3) is 6.46. The maximum atomic E-state index is 4.74. The Labute approximate surface area is 184 Å². The van der Waals surface area contributed by atoms with Gasteiger partial charge in [0.05, 0.1) is 0 Å². The molecule has 0 spiro atoms. The molecule has 0 fully saturated rings. The predicted molar refractivity (Wildman–Crippen MR) is 128 cm³/mol. The summed E-state index contributed by atoms with van der Waals surface area (Å²) in [5, 5.41) is 10.0. The number of nitrogens with one attached hydrogen (secondary N) is 3. The van der Waals surface area contributed by atoms with Gasteiger partial charge in [0.1, 0.15) is 0 Å². The third-order valence-electron chi connectivity index (χ3n) is 4.66. The van der Waals surface area contributed by atoms with Crippen LogP contribution >= 0.6 is 0 Å². The van der Waals surface area contributed by atoms with Gasteiger partial charge in [0.2, 0.25) is 0 Å². The van der Waals surface area contributed by atoms with Crippen LogP contribution in [0.2, 0.25) is 5.71 Å². The van der Waals surface area contributed by atoms with Gasteiger partial charge < -0.3 is 0 Å². The maximum absolute atomic E-state index is 4.74. The molecule has 0 saturated heterocycles. The molecule has 3 N–H and O–H groups in total. The molecule has 0 radical (unpaired) electrons. The van der Waals surface area contributed by atoms with Crippen molar-refractivity contribution in [3.63, 3.8) is 0 Å². The Bertz CT molecular complexity index is 881. The molecule has 0 bridgehead atoms. The fraction of sp³-hybridized carbons (Fsp3) is 0.348. The second-order valence-electron chi connectivity index (χ2n) is 7.12. The molecule has 0 aromatic carbocycles. The third-order valence-corrected chi connectivity index (χ3v) is 8.84. The second-order valence-corrected chi connectivity index (χ2v) is 11.5. The van der Waals surface area contributed by atoms with Crippen LogP contribution in [0.25, 0.3) is 0 Å². The number of pyridine rings is 3. The van der Waals surface area contributed by atoms with Crippen molar-refractivity contribution in [1.82, 2.24) is 15.0 Å². The summed E-state index contributed by atoms with van der Waals surface area (Å²) in [5.41, 5.74) is 4.51. The van der Waals surface area contributed by atoms with Crippen molar-refractivity contribution in [2.24, 2.45) is 0 Å². The molecule has 7 heteroatoms. The number of aromatic nitrogens is 3. The average Bonchev–Trinajstić information content (AvgIpc) is 2.81. The zero-order chi connectivity index (χ0) is 21.2. The first kappa shape index (κ1) is 22.1. The summed E-state index contributed by atoms with van der Waals surface area (Å²) in [5.74, 6) is 1.81. The second kappa shape index (κ2) is 11.6. The molecule has 3 aromatic heterocycles. The van der Waals surface area contributed by atoms with Gasteiger partial charge >= 0.3 is 171 Å². The summed E-state index contributed by atoms with van der Waals surface area (Å²) in [6.45, 7) is 6.92. The van der Waals surface area contributed by atoms with Gasteiger partial charge in [-0.25, -0.2) is 0 Å². The zero-order valence-electron chi connectivity index (χ0n) is 18.0. The number of nitrogens with zero attached hydrogens (tertiary/aromatic N) is 3. The summed E-state index contributed by atoms with van der Waals surface area (Å²) in [4.78, 5) is 13.7. The molecule has 6 nitrogen and oxygen atoms in total. The van der Waals surface area contributed by atoms with E-state index in [1.165, 1.54) is 8.83 Å². The molecule has 0 aliphatic carbocycles. The van der Waals surface area contributed by atoms with E-state index < -0.39 is 14.7 Å². The summed E-state index contributed by atoms with van der Waals surface area (Å²) in [6, 6.07) is 12.6. The number of hydrogen-bond donors (Lipinski definition) is 3. The van der Waals surface area contributed by atoms with E-state index in [1.54, 1.807) is 0 Å². The molecule has 0 aliphatic heterocycles. The average molecular weight is 466 g/mol. The van der Waals surface area contributed by atoms with Gasteiger partial charge in [0.15, 0.2) is 0 Å². The Morgan fingerprint density at radius 1 is 0.733 bits per heavy atom. The van der Waals surface area contributed by atoms with Crippen LogP contribution in [0.15, 0.2) is 55.0 Å². The van der Waals surface area contributed by atoms with E-state index in [-0.39, 0.29) is 0 Å². The van der Waals surface area contributed by atoms with Crippen molar-refractivity contribution in [3.8, 4) is 0 Å². The van der Waals surface area contributed by atoms with Gasteiger partial charge in [-0.15, -0.1) is 0 Å². The van der Waals surface area contributed by atoms with Gasteiger partial charge in [-0.05, 0) is 6.42 Å². The van der Waals surface area contributed by atoms with E-state index >= 15 is 0 Å². The SMILES string of the molecule is CCCNc1ccc(NCc2ccc([As](C)c3ccc(NCCC)nc3)nc2)nc1. The van der Waals surface area contributed by atoms with Gasteiger partial charge in [0, 0.05) is 0 Å². The molecule has 30 heavy (non-hydrogen) atoms. The van der Waals surface area contributed by atoms with Crippen LogP contribution in [-0.2, 0) is 6.54 Å². The van der Waals surface area contributed by atoms with Crippen molar-refractivity contribution in [1.29, 1.82) is 0 Å². The van der Waals surface area contributed by atoms with E-state index in [9.17, 15) is 0 Å². The molecule has 1 atom stereocenters. The molecule has 0 aliphatic rings. The number of rotatable bonds is 11. The van der Waals surface area contributed by atoms with E-state index in [0.717, 1.165) is 48.8 Å². The van der Waals surface area contributed by atoms with Crippen molar-refractivity contribution in [3.05, 3.63) is 60.6 Å². The number of anilines is 3. The first-order valence-electron chi connectivity index (χ1n) is 10.5. The summed E-state index contributed by atoms with van der Waals surface area (Å²) >= 11 is -1.40. The van der Waals surface area contributed by atoms with E-state index in [4.69, 9.17) is 4.98 Å².